The van der Waals surface area contributed by atoms with Gasteiger partial charge in [0, 0.05) is 6.20 Å². The Labute approximate surface area is 88.0 Å². The minimum atomic E-state index is -3.45. The number of rotatable bonds is 3. The summed E-state index contributed by atoms with van der Waals surface area (Å²) >= 11 is 0. The van der Waals surface area contributed by atoms with Gasteiger partial charge in [0.2, 0.25) is 0 Å². The Kier molecular flexibility index (Phi) is 3.41. The summed E-state index contributed by atoms with van der Waals surface area (Å²) in [4.78, 5) is 14.9. The molecule has 5 nitrogen and oxygen atoms in total. The van der Waals surface area contributed by atoms with E-state index < -0.39 is 15.8 Å². The molecule has 0 aliphatic carbocycles. The maximum atomic E-state index is 11.6. The van der Waals surface area contributed by atoms with Gasteiger partial charge >= 0.3 is 5.97 Å². The highest BCUT2D eigenvalue weighted by Gasteiger charge is 2.22. The Morgan fingerprint density at radius 3 is 2.73 bits per heavy atom. The van der Waals surface area contributed by atoms with Gasteiger partial charge < -0.3 is 4.74 Å². The van der Waals surface area contributed by atoms with Crippen LogP contribution in [-0.4, -0.2) is 32.2 Å². The molecule has 0 atom stereocenters. The van der Waals surface area contributed by atoms with Gasteiger partial charge in [0.25, 0.3) is 0 Å². The quantitative estimate of drug-likeness (QED) is 0.712. The highest BCUT2D eigenvalue weighted by atomic mass is 32.2. The predicted molar refractivity (Wildman–Crippen MR) is 53.3 cm³/mol. The van der Waals surface area contributed by atoms with Crippen molar-refractivity contribution in [1.82, 2.24) is 4.98 Å². The molecule has 0 radical (unpaired) electrons. The van der Waals surface area contributed by atoms with Gasteiger partial charge in [0.1, 0.15) is 0 Å². The number of esters is 1. The molecule has 6 heteroatoms. The van der Waals surface area contributed by atoms with Crippen molar-refractivity contribution in [2.24, 2.45) is 0 Å². The van der Waals surface area contributed by atoms with Gasteiger partial charge in [0.15, 0.2) is 15.5 Å². The smallest absolute Gasteiger partial charge is 0.358 e. The molecule has 0 aliphatic heterocycles. The number of pyridine rings is 1. The number of hydrogen-bond acceptors (Lipinski definition) is 5. The number of nitrogens with zero attached hydrogens (tertiary/aromatic N) is 1. The molecular formula is C9H11NO4S. The third-order valence-electron chi connectivity index (χ3n) is 1.86. The first-order valence-corrected chi connectivity index (χ1v) is 5.94. The van der Waals surface area contributed by atoms with E-state index >= 15 is 0 Å². The maximum absolute atomic E-state index is 11.6. The second kappa shape index (κ2) is 4.39. The van der Waals surface area contributed by atoms with Crippen molar-refractivity contribution in [3.63, 3.8) is 0 Å². The van der Waals surface area contributed by atoms with Gasteiger partial charge in [-0.15, -0.1) is 0 Å². The van der Waals surface area contributed by atoms with Gasteiger partial charge in [-0.2, -0.15) is 0 Å². The summed E-state index contributed by atoms with van der Waals surface area (Å²) < 4.78 is 27.6. The number of hydrogen-bond donors (Lipinski definition) is 0. The Hall–Kier alpha value is -1.43. The molecule has 0 aromatic carbocycles. The minimum Gasteiger partial charge on any atom is -0.464 e. The van der Waals surface area contributed by atoms with Gasteiger partial charge in [-0.25, -0.2) is 18.2 Å². The Morgan fingerprint density at radius 1 is 1.53 bits per heavy atom. The third kappa shape index (κ3) is 2.33. The fourth-order valence-corrected chi connectivity index (χ4v) is 2.07. The molecular weight excluding hydrogens is 218 g/mol. The SMILES string of the molecule is CCS(=O)(=O)c1cccnc1C(=O)OC. The van der Waals surface area contributed by atoms with Crippen LogP contribution in [0.5, 0.6) is 0 Å². The Balaban J connectivity index is 3.37. The molecule has 0 saturated carbocycles. The fourth-order valence-electron chi connectivity index (χ4n) is 1.05. The largest absolute Gasteiger partial charge is 0.464 e. The van der Waals surface area contributed by atoms with E-state index in [0.717, 1.165) is 0 Å². The highest BCUT2D eigenvalue weighted by molar-refractivity contribution is 7.91. The van der Waals surface area contributed by atoms with Crippen LogP contribution in [0.2, 0.25) is 0 Å². The lowest BCUT2D eigenvalue weighted by molar-refractivity contribution is 0.0589. The molecule has 0 spiro atoms. The summed E-state index contributed by atoms with van der Waals surface area (Å²) in [6.45, 7) is 1.50. The Bertz CT molecular complexity index is 467. The highest BCUT2D eigenvalue weighted by Crippen LogP contribution is 2.15. The van der Waals surface area contributed by atoms with E-state index in [1.54, 1.807) is 0 Å². The number of carbonyl (C=O) groups excluding carboxylic acids is 1. The molecule has 0 N–H and O–H groups in total. The number of sulfone groups is 1. The number of aromatic nitrogens is 1. The van der Waals surface area contributed by atoms with Crippen LogP contribution in [-0.2, 0) is 14.6 Å². The first-order valence-electron chi connectivity index (χ1n) is 4.29. The minimum absolute atomic E-state index is 0.0807. The summed E-state index contributed by atoms with van der Waals surface area (Å²) in [5.74, 6) is -0.828. The zero-order valence-electron chi connectivity index (χ0n) is 8.43. The number of methoxy groups -OCH3 is 1. The van der Waals surface area contributed by atoms with Gasteiger partial charge in [0.05, 0.1) is 17.8 Å². The van der Waals surface area contributed by atoms with E-state index in [2.05, 4.69) is 9.72 Å². The van der Waals surface area contributed by atoms with Crippen LogP contribution in [0.4, 0.5) is 0 Å². The van der Waals surface area contributed by atoms with Crippen molar-refractivity contribution in [3.8, 4) is 0 Å². The average molecular weight is 229 g/mol. The monoisotopic (exact) mass is 229 g/mol. The van der Waals surface area contributed by atoms with Crippen LogP contribution in [0.25, 0.3) is 0 Å². The van der Waals surface area contributed by atoms with E-state index in [4.69, 9.17) is 0 Å². The molecule has 1 aromatic heterocycles. The van der Waals surface area contributed by atoms with Gasteiger partial charge in [-0.05, 0) is 12.1 Å². The normalized spacial score (nSPS) is 11.1. The molecule has 0 bridgehead atoms. The lowest BCUT2D eigenvalue weighted by atomic mass is 10.3. The van der Waals surface area contributed by atoms with Crippen molar-refractivity contribution in [3.05, 3.63) is 24.0 Å². The van der Waals surface area contributed by atoms with Crippen molar-refractivity contribution in [2.75, 3.05) is 12.9 Å². The van der Waals surface area contributed by atoms with Crippen LogP contribution in [0.3, 0.4) is 0 Å². The van der Waals surface area contributed by atoms with E-state index in [1.165, 1.54) is 32.4 Å². The maximum Gasteiger partial charge on any atom is 0.358 e. The van der Waals surface area contributed by atoms with E-state index in [1.807, 2.05) is 0 Å². The second-order valence-corrected chi connectivity index (χ2v) is 4.99. The van der Waals surface area contributed by atoms with Crippen molar-refractivity contribution >= 4 is 15.8 Å². The van der Waals surface area contributed by atoms with Crippen LogP contribution < -0.4 is 0 Å². The zero-order chi connectivity index (χ0) is 11.5. The van der Waals surface area contributed by atoms with Crippen LogP contribution in [0.1, 0.15) is 17.4 Å². The van der Waals surface area contributed by atoms with Crippen molar-refractivity contribution in [2.45, 2.75) is 11.8 Å². The number of ether oxygens (including phenoxy) is 1. The summed E-state index contributed by atoms with van der Waals surface area (Å²) in [6, 6.07) is 2.81. The molecule has 1 heterocycles. The van der Waals surface area contributed by atoms with Crippen LogP contribution in [0, 0.1) is 0 Å². The van der Waals surface area contributed by atoms with E-state index in [9.17, 15) is 13.2 Å². The fraction of sp³-hybridized carbons (Fsp3) is 0.333. The molecule has 0 unspecified atom stereocenters. The predicted octanol–water partition coefficient (Wildman–Crippen LogP) is 0.662. The summed E-state index contributed by atoms with van der Waals surface area (Å²) in [6.07, 6.45) is 1.35. The zero-order valence-corrected chi connectivity index (χ0v) is 9.24. The lowest BCUT2D eigenvalue weighted by Gasteiger charge is -2.05. The van der Waals surface area contributed by atoms with Gasteiger partial charge in [-0.3, -0.25) is 0 Å². The molecule has 15 heavy (non-hydrogen) atoms. The van der Waals surface area contributed by atoms with Gasteiger partial charge in [-0.1, -0.05) is 6.92 Å². The first-order chi connectivity index (χ1) is 7.03. The molecule has 1 aromatic rings. The summed E-state index contributed by atoms with van der Waals surface area (Å²) in [7, 11) is -2.27. The molecule has 1 rings (SSSR count). The standard InChI is InChI=1S/C9H11NO4S/c1-3-15(12,13)7-5-4-6-10-8(7)9(11)14-2/h4-6H,3H2,1-2H3. The van der Waals surface area contributed by atoms with Crippen LogP contribution >= 0.6 is 0 Å². The topological polar surface area (TPSA) is 73.3 Å². The van der Waals surface area contributed by atoms with E-state index in [-0.39, 0.29) is 16.3 Å². The van der Waals surface area contributed by atoms with E-state index in [0.29, 0.717) is 0 Å². The van der Waals surface area contributed by atoms with Crippen LogP contribution in [0.15, 0.2) is 23.2 Å². The lowest BCUT2D eigenvalue weighted by Crippen LogP contribution is -2.13. The number of carbonyl (C=O) groups is 1. The molecule has 82 valence electrons. The summed E-state index contributed by atoms with van der Waals surface area (Å²) in [5, 5.41) is 0. The molecule has 0 aliphatic rings. The van der Waals surface area contributed by atoms with Crippen molar-refractivity contribution in [1.29, 1.82) is 0 Å². The molecule has 0 fully saturated rings. The Morgan fingerprint density at radius 2 is 2.20 bits per heavy atom. The van der Waals surface area contributed by atoms with Crippen molar-refractivity contribution < 1.29 is 17.9 Å². The molecule has 0 saturated heterocycles. The molecule has 0 amide bonds. The first kappa shape index (κ1) is 11.6. The second-order valence-electron chi connectivity index (χ2n) is 2.75. The summed E-state index contributed by atoms with van der Waals surface area (Å²) in [5.41, 5.74) is -0.165. The average Bonchev–Trinajstić information content (AvgIpc) is 2.28. The third-order valence-corrected chi connectivity index (χ3v) is 3.62.